The Balaban J connectivity index is 1.62. The smallest absolute Gasteiger partial charge is 0.418 e. The third kappa shape index (κ3) is 4.23. The Morgan fingerprint density at radius 3 is 2.40 bits per heavy atom. The fourth-order valence-corrected chi connectivity index (χ4v) is 3.41. The van der Waals surface area contributed by atoms with Gasteiger partial charge in [-0.25, -0.2) is 4.79 Å². The van der Waals surface area contributed by atoms with Crippen LogP contribution in [0.3, 0.4) is 0 Å². The van der Waals surface area contributed by atoms with Gasteiger partial charge in [0.05, 0.1) is 5.52 Å². The van der Waals surface area contributed by atoms with Gasteiger partial charge < -0.3 is 10.1 Å². The number of carbonyl (C=O) groups excluding carboxylic acids is 1. The molecule has 0 radical (unpaired) electrons. The van der Waals surface area contributed by atoms with Gasteiger partial charge in [0, 0.05) is 23.0 Å². The van der Waals surface area contributed by atoms with E-state index in [1.807, 2.05) is 63.2 Å². The largest absolute Gasteiger partial charge is 0.443 e. The van der Waals surface area contributed by atoms with Gasteiger partial charge >= 0.3 is 6.09 Å². The predicted molar refractivity (Wildman–Crippen MR) is 123 cm³/mol. The monoisotopic (exact) mass is 398 g/mol. The summed E-state index contributed by atoms with van der Waals surface area (Å²) in [7, 11) is 0. The van der Waals surface area contributed by atoms with Gasteiger partial charge in [-0.1, -0.05) is 42.5 Å². The van der Waals surface area contributed by atoms with E-state index >= 15 is 0 Å². The molecule has 0 unspecified atom stereocenters. The number of aromatic nitrogens is 1. The van der Waals surface area contributed by atoms with Gasteiger partial charge in [0.1, 0.15) is 5.60 Å². The van der Waals surface area contributed by atoms with Crippen molar-refractivity contribution in [2.24, 2.45) is 0 Å². The van der Waals surface area contributed by atoms with Crippen molar-refractivity contribution in [3.05, 3.63) is 84.6 Å². The molecule has 0 fully saturated rings. The quantitative estimate of drug-likeness (QED) is 0.399. The second-order valence-electron chi connectivity index (χ2n) is 8.46. The predicted octanol–water partition coefficient (Wildman–Crippen LogP) is 7.14. The van der Waals surface area contributed by atoms with Gasteiger partial charge in [-0.15, -0.1) is 0 Å². The zero-order valence-electron chi connectivity index (χ0n) is 17.8. The number of ether oxygens (including phenoxy) is 1. The van der Waals surface area contributed by atoms with Crippen LogP contribution in [0.2, 0.25) is 0 Å². The molecule has 0 amide bonds. The molecule has 0 atom stereocenters. The van der Waals surface area contributed by atoms with Gasteiger partial charge in [0.2, 0.25) is 0 Å². The van der Waals surface area contributed by atoms with Crippen molar-refractivity contribution in [2.75, 3.05) is 5.32 Å². The fourth-order valence-electron chi connectivity index (χ4n) is 3.41. The van der Waals surface area contributed by atoms with Gasteiger partial charge in [-0.3, -0.25) is 4.57 Å². The number of anilines is 2. The zero-order chi connectivity index (χ0) is 21.3. The average molecular weight is 399 g/mol. The highest BCUT2D eigenvalue weighted by Crippen LogP contribution is 2.29. The molecular formula is C26H26N2O2. The summed E-state index contributed by atoms with van der Waals surface area (Å²) < 4.78 is 7.04. The molecule has 0 aliphatic rings. The molecule has 152 valence electrons. The van der Waals surface area contributed by atoms with Crippen LogP contribution in [0.5, 0.6) is 0 Å². The molecule has 0 bridgehead atoms. The Bertz CT molecular complexity index is 1200. The minimum atomic E-state index is -0.531. The molecular weight excluding hydrogens is 372 g/mol. The lowest BCUT2D eigenvalue weighted by molar-refractivity contribution is 0.0544. The van der Waals surface area contributed by atoms with E-state index in [0.29, 0.717) is 0 Å². The van der Waals surface area contributed by atoms with Crippen molar-refractivity contribution < 1.29 is 9.53 Å². The number of benzene rings is 3. The lowest BCUT2D eigenvalue weighted by Gasteiger charge is -2.19. The van der Waals surface area contributed by atoms with E-state index in [0.717, 1.165) is 22.3 Å². The second kappa shape index (κ2) is 7.71. The van der Waals surface area contributed by atoms with E-state index in [1.54, 1.807) is 10.8 Å². The molecule has 1 heterocycles. The zero-order valence-corrected chi connectivity index (χ0v) is 17.8. The third-order valence-corrected chi connectivity index (χ3v) is 4.90. The van der Waals surface area contributed by atoms with Crippen molar-refractivity contribution in [3.63, 3.8) is 0 Å². The maximum Gasteiger partial charge on any atom is 0.418 e. The molecule has 4 nitrogen and oxygen atoms in total. The van der Waals surface area contributed by atoms with Crippen LogP contribution < -0.4 is 5.32 Å². The minimum Gasteiger partial charge on any atom is -0.443 e. The van der Waals surface area contributed by atoms with Crippen LogP contribution >= 0.6 is 0 Å². The normalized spacial score (nSPS) is 11.5. The van der Waals surface area contributed by atoms with Crippen LogP contribution in [0, 0.1) is 6.92 Å². The fraction of sp³-hybridized carbons (Fsp3) is 0.192. The highest BCUT2D eigenvalue weighted by Gasteiger charge is 2.19. The lowest BCUT2D eigenvalue weighted by Crippen LogP contribution is -2.26. The van der Waals surface area contributed by atoms with Gasteiger partial charge in [-0.2, -0.15) is 0 Å². The summed E-state index contributed by atoms with van der Waals surface area (Å²) in [4.78, 5) is 12.5. The van der Waals surface area contributed by atoms with Crippen molar-refractivity contribution in [1.29, 1.82) is 0 Å². The summed E-state index contributed by atoms with van der Waals surface area (Å²) >= 11 is 0. The van der Waals surface area contributed by atoms with E-state index < -0.39 is 5.60 Å². The van der Waals surface area contributed by atoms with E-state index in [4.69, 9.17) is 4.74 Å². The van der Waals surface area contributed by atoms with Crippen molar-refractivity contribution >= 4 is 28.4 Å². The Kier molecular flexibility index (Phi) is 5.08. The van der Waals surface area contributed by atoms with Crippen LogP contribution in [0.25, 0.3) is 22.0 Å². The molecule has 1 aromatic heterocycles. The number of rotatable bonds is 3. The number of hydrogen-bond donors (Lipinski definition) is 1. The van der Waals surface area contributed by atoms with E-state index in [9.17, 15) is 4.79 Å². The Morgan fingerprint density at radius 1 is 0.900 bits per heavy atom. The molecule has 4 aromatic rings. The first-order valence-corrected chi connectivity index (χ1v) is 10.1. The highest BCUT2D eigenvalue weighted by molar-refractivity contribution is 5.92. The molecule has 4 heteroatoms. The van der Waals surface area contributed by atoms with Crippen molar-refractivity contribution in [1.82, 2.24) is 4.57 Å². The third-order valence-electron chi connectivity index (χ3n) is 4.90. The highest BCUT2D eigenvalue weighted by atomic mass is 16.6. The van der Waals surface area contributed by atoms with E-state index in [1.165, 1.54) is 16.7 Å². The molecule has 0 spiro atoms. The number of hydrogen-bond acceptors (Lipinski definition) is 3. The summed E-state index contributed by atoms with van der Waals surface area (Å²) in [6, 6.07) is 24.7. The van der Waals surface area contributed by atoms with Gasteiger partial charge in [0.15, 0.2) is 0 Å². The van der Waals surface area contributed by atoms with Crippen LogP contribution in [0.15, 0.2) is 79.0 Å². The average Bonchev–Trinajstić information content (AvgIpc) is 3.12. The van der Waals surface area contributed by atoms with Crippen LogP contribution in [-0.2, 0) is 4.74 Å². The Labute approximate surface area is 177 Å². The number of carbonyl (C=O) groups is 1. The molecule has 0 aliphatic carbocycles. The first-order chi connectivity index (χ1) is 14.3. The summed E-state index contributed by atoms with van der Waals surface area (Å²) in [5, 5.41) is 4.50. The molecule has 3 aromatic carbocycles. The summed E-state index contributed by atoms with van der Waals surface area (Å²) in [5.74, 6) is 0. The lowest BCUT2D eigenvalue weighted by atomic mass is 10.0. The van der Waals surface area contributed by atoms with Crippen molar-refractivity contribution in [3.8, 4) is 11.1 Å². The van der Waals surface area contributed by atoms with Crippen molar-refractivity contribution in [2.45, 2.75) is 33.3 Å². The van der Waals surface area contributed by atoms with Crippen LogP contribution in [0.1, 0.15) is 26.3 Å². The maximum atomic E-state index is 12.5. The van der Waals surface area contributed by atoms with E-state index in [-0.39, 0.29) is 6.09 Å². The Morgan fingerprint density at radius 2 is 1.67 bits per heavy atom. The number of aryl methyl sites for hydroxylation is 1. The second-order valence-corrected chi connectivity index (χ2v) is 8.46. The summed E-state index contributed by atoms with van der Waals surface area (Å²) in [5.41, 5.74) is 5.84. The molecule has 0 aliphatic heterocycles. The maximum absolute atomic E-state index is 12.5. The standard InChI is InChI=1S/C26H26N2O2/c1-18-10-11-20(19-8-6-5-7-9-19)17-23(18)27-22-12-13-24-21(16-22)14-15-28(24)25(29)30-26(2,3)4/h5-17,27H,1-4H3. The summed E-state index contributed by atoms with van der Waals surface area (Å²) in [6.45, 7) is 7.69. The van der Waals surface area contributed by atoms with Crippen LogP contribution in [-0.4, -0.2) is 16.3 Å². The first kappa shape index (κ1) is 19.8. The summed E-state index contributed by atoms with van der Waals surface area (Å²) in [6.07, 6.45) is 1.38. The van der Waals surface area contributed by atoms with Gasteiger partial charge in [-0.05, 0) is 74.7 Å². The van der Waals surface area contributed by atoms with Crippen LogP contribution in [0.4, 0.5) is 16.2 Å². The molecule has 4 rings (SSSR count). The molecule has 30 heavy (non-hydrogen) atoms. The number of nitrogens with one attached hydrogen (secondary N) is 1. The van der Waals surface area contributed by atoms with Gasteiger partial charge in [0.25, 0.3) is 0 Å². The molecule has 0 saturated heterocycles. The number of fused-ring (bicyclic) bond motifs is 1. The van der Waals surface area contributed by atoms with E-state index in [2.05, 4.69) is 42.6 Å². The molecule has 1 N–H and O–H groups in total. The minimum absolute atomic E-state index is 0.371. The Hall–Kier alpha value is -3.53. The number of nitrogens with zero attached hydrogens (tertiary/aromatic N) is 1. The SMILES string of the molecule is Cc1ccc(-c2ccccc2)cc1Nc1ccc2c(ccn2C(=O)OC(C)(C)C)c1. The molecule has 0 saturated carbocycles. The first-order valence-electron chi connectivity index (χ1n) is 10.1. The topological polar surface area (TPSA) is 43.3 Å².